The van der Waals surface area contributed by atoms with Crippen molar-refractivity contribution in [1.82, 2.24) is 15.2 Å². The molecule has 0 aliphatic heterocycles. The van der Waals surface area contributed by atoms with E-state index in [2.05, 4.69) is 27.8 Å². The first-order valence-electron chi connectivity index (χ1n) is 10.9. The van der Waals surface area contributed by atoms with Gasteiger partial charge in [0.1, 0.15) is 10.7 Å². The Bertz CT molecular complexity index is 1070. The van der Waals surface area contributed by atoms with Gasteiger partial charge in [-0.1, -0.05) is 48.0 Å². The van der Waals surface area contributed by atoms with Crippen LogP contribution in [0, 0.1) is 0 Å². The number of carbonyl (C=O) groups excluding carboxylic acids is 2. The van der Waals surface area contributed by atoms with Crippen LogP contribution >= 0.6 is 22.9 Å². The van der Waals surface area contributed by atoms with Crippen molar-refractivity contribution < 1.29 is 9.59 Å². The molecule has 2 N–H and O–H groups in total. The van der Waals surface area contributed by atoms with E-state index in [1.165, 1.54) is 16.9 Å². The second-order valence-electron chi connectivity index (χ2n) is 8.19. The summed E-state index contributed by atoms with van der Waals surface area (Å²) in [5.74, 6) is -0.197. The number of nitrogens with one attached hydrogen (secondary N) is 2. The van der Waals surface area contributed by atoms with Crippen molar-refractivity contribution in [3.63, 3.8) is 0 Å². The SMILES string of the molecule is CC(CCc1ccccc1)NC(=O)c1csc(CN(C(=O)Nc2cccc(Cl)c2)C(C)C)n1. The molecule has 0 fully saturated rings. The molecule has 2 aromatic carbocycles. The molecule has 3 aromatic rings. The van der Waals surface area contributed by atoms with Crippen LogP contribution in [0.1, 0.15) is 48.3 Å². The maximum absolute atomic E-state index is 12.8. The van der Waals surface area contributed by atoms with Crippen LogP contribution in [0.5, 0.6) is 0 Å². The number of carbonyl (C=O) groups is 2. The van der Waals surface area contributed by atoms with Gasteiger partial charge in [0.15, 0.2) is 0 Å². The molecule has 0 spiro atoms. The highest BCUT2D eigenvalue weighted by atomic mass is 35.5. The Hall–Kier alpha value is -2.90. The van der Waals surface area contributed by atoms with Crippen LogP contribution in [0.3, 0.4) is 0 Å². The molecule has 1 atom stereocenters. The lowest BCUT2D eigenvalue weighted by Gasteiger charge is -2.26. The largest absolute Gasteiger partial charge is 0.348 e. The van der Waals surface area contributed by atoms with E-state index < -0.39 is 0 Å². The molecule has 0 aliphatic rings. The highest BCUT2D eigenvalue weighted by Crippen LogP contribution is 2.18. The first-order valence-corrected chi connectivity index (χ1v) is 12.2. The Balaban J connectivity index is 1.55. The molecule has 0 bridgehead atoms. The molecule has 174 valence electrons. The standard InChI is InChI=1S/C25H29ClN4O2S/c1-17(2)30(25(32)28-21-11-7-10-20(26)14-21)15-23-29-22(16-33-23)24(31)27-18(3)12-13-19-8-5-4-6-9-19/h4-11,14,16-18H,12-13,15H2,1-3H3,(H,27,31)(H,28,32). The zero-order chi connectivity index (χ0) is 23.8. The predicted molar refractivity (Wildman–Crippen MR) is 135 cm³/mol. The molecule has 1 unspecified atom stereocenters. The number of urea groups is 1. The third-order valence-electron chi connectivity index (χ3n) is 5.14. The van der Waals surface area contributed by atoms with Gasteiger partial charge in [0.2, 0.25) is 0 Å². The van der Waals surface area contributed by atoms with Crippen molar-refractivity contribution in [1.29, 1.82) is 0 Å². The fourth-order valence-corrected chi connectivity index (χ4v) is 4.24. The van der Waals surface area contributed by atoms with Crippen molar-refractivity contribution in [2.24, 2.45) is 0 Å². The Labute approximate surface area is 204 Å². The summed E-state index contributed by atoms with van der Waals surface area (Å²) in [4.78, 5) is 31.6. The summed E-state index contributed by atoms with van der Waals surface area (Å²) in [5.41, 5.74) is 2.25. The lowest BCUT2D eigenvalue weighted by molar-refractivity contribution is 0.0934. The number of benzene rings is 2. The normalized spacial score (nSPS) is 11.8. The third-order valence-corrected chi connectivity index (χ3v) is 6.21. The van der Waals surface area contributed by atoms with E-state index in [9.17, 15) is 9.59 Å². The average molecular weight is 485 g/mol. The topological polar surface area (TPSA) is 74.3 Å². The van der Waals surface area contributed by atoms with Crippen LogP contribution in [-0.4, -0.2) is 33.9 Å². The van der Waals surface area contributed by atoms with E-state index in [1.807, 2.05) is 39.0 Å². The Morgan fingerprint density at radius 3 is 2.55 bits per heavy atom. The number of amides is 3. The van der Waals surface area contributed by atoms with Crippen molar-refractivity contribution in [3.8, 4) is 0 Å². The summed E-state index contributed by atoms with van der Waals surface area (Å²) >= 11 is 7.38. The number of aromatic nitrogens is 1. The summed E-state index contributed by atoms with van der Waals surface area (Å²) < 4.78 is 0. The molecule has 8 heteroatoms. The third kappa shape index (κ3) is 7.58. The van der Waals surface area contributed by atoms with Crippen LogP contribution in [0.2, 0.25) is 5.02 Å². The molecule has 3 amide bonds. The van der Waals surface area contributed by atoms with Crippen molar-refractivity contribution in [2.75, 3.05) is 5.32 Å². The first kappa shape index (κ1) is 24.7. The molecule has 6 nitrogen and oxygen atoms in total. The van der Waals surface area contributed by atoms with Gasteiger partial charge >= 0.3 is 6.03 Å². The number of aryl methyl sites for hydroxylation is 1. The fourth-order valence-electron chi connectivity index (χ4n) is 3.28. The zero-order valence-electron chi connectivity index (χ0n) is 19.0. The number of hydrogen-bond acceptors (Lipinski definition) is 4. The number of anilines is 1. The maximum Gasteiger partial charge on any atom is 0.322 e. The molecule has 1 aromatic heterocycles. The molecule has 0 saturated carbocycles. The summed E-state index contributed by atoms with van der Waals surface area (Å²) in [6, 6.07) is 17.0. The number of rotatable bonds is 9. The van der Waals surface area contributed by atoms with Crippen molar-refractivity contribution in [3.05, 3.63) is 81.3 Å². The fraction of sp³-hybridized carbons (Fsp3) is 0.320. The number of nitrogens with zero attached hydrogens (tertiary/aromatic N) is 2. The summed E-state index contributed by atoms with van der Waals surface area (Å²) in [6.45, 7) is 6.18. The number of thiazole rings is 1. The van der Waals surface area contributed by atoms with Gasteiger partial charge in [0.25, 0.3) is 5.91 Å². The Morgan fingerprint density at radius 1 is 1.09 bits per heavy atom. The van der Waals surface area contributed by atoms with Gasteiger partial charge in [-0.05, 0) is 57.4 Å². The second kappa shape index (κ2) is 11.8. The van der Waals surface area contributed by atoms with E-state index >= 15 is 0 Å². The number of halogens is 1. The van der Waals surface area contributed by atoms with E-state index in [-0.39, 0.29) is 24.0 Å². The predicted octanol–water partition coefficient (Wildman–Crippen LogP) is 5.99. The maximum atomic E-state index is 12.8. The Morgan fingerprint density at radius 2 is 1.85 bits per heavy atom. The smallest absolute Gasteiger partial charge is 0.322 e. The van der Waals surface area contributed by atoms with Gasteiger partial charge < -0.3 is 15.5 Å². The lowest BCUT2D eigenvalue weighted by atomic mass is 10.1. The van der Waals surface area contributed by atoms with Gasteiger partial charge in [-0.3, -0.25) is 4.79 Å². The average Bonchev–Trinajstić information content (AvgIpc) is 3.25. The minimum atomic E-state index is -0.247. The van der Waals surface area contributed by atoms with Gasteiger partial charge in [0.05, 0.1) is 6.54 Å². The monoisotopic (exact) mass is 484 g/mol. The van der Waals surface area contributed by atoms with E-state index in [4.69, 9.17) is 11.6 Å². The van der Waals surface area contributed by atoms with Gasteiger partial charge in [-0.25, -0.2) is 9.78 Å². The van der Waals surface area contributed by atoms with Gasteiger partial charge in [-0.2, -0.15) is 0 Å². The second-order valence-corrected chi connectivity index (χ2v) is 9.57. The van der Waals surface area contributed by atoms with Crippen LogP contribution in [-0.2, 0) is 13.0 Å². The molecule has 0 radical (unpaired) electrons. The quantitative estimate of drug-likeness (QED) is 0.391. The number of hydrogen-bond donors (Lipinski definition) is 2. The highest BCUT2D eigenvalue weighted by Gasteiger charge is 2.21. The molecule has 0 saturated heterocycles. The zero-order valence-corrected chi connectivity index (χ0v) is 20.6. The van der Waals surface area contributed by atoms with Gasteiger partial charge in [-0.15, -0.1) is 11.3 Å². The lowest BCUT2D eigenvalue weighted by Crippen LogP contribution is -2.39. The van der Waals surface area contributed by atoms with E-state index in [1.54, 1.807) is 34.5 Å². The summed E-state index contributed by atoms with van der Waals surface area (Å²) in [6.07, 6.45) is 1.74. The van der Waals surface area contributed by atoms with E-state index in [0.717, 1.165) is 12.8 Å². The molecule has 1 heterocycles. The first-order chi connectivity index (χ1) is 15.8. The van der Waals surface area contributed by atoms with Crippen LogP contribution in [0.15, 0.2) is 60.0 Å². The molecule has 0 aliphatic carbocycles. The van der Waals surface area contributed by atoms with Crippen LogP contribution < -0.4 is 10.6 Å². The molecular formula is C25H29ClN4O2S. The molecule has 33 heavy (non-hydrogen) atoms. The molecular weight excluding hydrogens is 456 g/mol. The van der Waals surface area contributed by atoms with Crippen LogP contribution in [0.4, 0.5) is 10.5 Å². The minimum Gasteiger partial charge on any atom is -0.348 e. The van der Waals surface area contributed by atoms with Crippen LogP contribution in [0.25, 0.3) is 0 Å². The molecule has 3 rings (SSSR count). The van der Waals surface area contributed by atoms with E-state index in [0.29, 0.717) is 28.0 Å². The Kier molecular flexibility index (Phi) is 8.86. The minimum absolute atomic E-state index is 0.0264. The van der Waals surface area contributed by atoms with Crippen molar-refractivity contribution >= 4 is 40.6 Å². The summed E-state index contributed by atoms with van der Waals surface area (Å²) in [7, 11) is 0. The van der Waals surface area contributed by atoms with Gasteiger partial charge in [0, 0.05) is 28.2 Å². The summed E-state index contributed by atoms with van der Waals surface area (Å²) in [5, 5.41) is 8.88. The highest BCUT2D eigenvalue weighted by molar-refractivity contribution is 7.09. The van der Waals surface area contributed by atoms with Crippen molar-refractivity contribution in [2.45, 2.75) is 52.2 Å².